The van der Waals surface area contributed by atoms with Crippen LogP contribution in [0.4, 0.5) is 10.5 Å². The Hall–Kier alpha value is -5.52. The van der Waals surface area contributed by atoms with E-state index in [0.29, 0.717) is 17.3 Å². The van der Waals surface area contributed by atoms with Gasteiger partial charge in [-0.3, -0.25) is 19.0 Å². The second-order valence-electron chi connectivity index (χ2n) is 13.7. The maximum atomic E-state index is 14.4. The second kappa shape index (κ2) is 18.5. The van der Waals surface area contributed by atoms with Crippen LogP contribution in [0.2, 0.25) is 0 Å². The molecular formula is C42H50N4O8. The van der Waals surface area contributed by atoms with Gasteiger partial charge < -0.3 is 19.5 Å². The van der Waals surface area contributed by atoms with E-state index in [1.54, 1.807) is 55.5 Å². The Morgan fingerprint density at radius 3 is 2.11 bits per heavy atom. The van der Waals surface area contributed by atoms with E-state index in [0.717, 1.165) is 19.3 Å². The Kier molecular flexibility index (Phi) is 13.6. The predicted molar refractivity (Wildman–Crippen MR) is 206 cm³/mol. The molecule has 0 radical (unpaired) electrons. The molecule has 1 saturated heterocycles. The minimum absolute atomic E-state index is 0.142. The standard InChI is InChI=1S/C42H50N4O8/c1-5-7-8-9-10-11-12-13-14-19-28-53-39(49)29-24-26-30(27-25-29)45-36(43-32-21-16-15-20-31(32)38(45)48)35(46-40(50)42(3,6-2)54-41(46)51)37(47)44-33-22-17-18-23-34(33)52-4/h15-18,20-27,35H,5-14,19,28H2,1-4H3,(H,44,47). The zero-order chi connectivity index (χ0) is 38.7. The molecule has 0 aliphatic carbocycles. The normalized spacial score (nSPS) is 16.0. The molecule has 2 atom stereocenters. The van der Waals surface area contributed by atoms with Crippen LogP contribution in [0.1, 0.15) is 114 Å². The molecule has 0 spiro atoms. The molecule has 12 nitrogen and oxygen atoms in total. The fourth-order valence-corrected chi connectivity index (χ4v) is 6.54. The largest absolute Gasteiger partial charge is 0.495 e. The molecule has 2 heterocycles. The molecule has 1 aliphatic heterocycles. The third kappa shape index (κ3) is 8.98. The summed E-state index contributed by atoms with van der Waals surface area (Å²) >= 11 is 0. The Labute approximate surface area is 315 Å². The average molecular weight is 739 g/mol. The fraction of sp³-hybridized carbons (Fsp3) is 0.429. The molecule has 286 valence electrons. The first-order valence-corrected chi connectivity index (χ1v) is 18.9. The number of hydrogen-bond donors (Lipinski definition) is 1. The van der Waals surface area contributed by atoms with Crippen molar-refractivity contribution < 1.29 is 33.4 Å². The van der Waals surface area contributed by atoms with E-state index in [9.17, 15) is 24.0 Å². The SMILES string of the molecule is CCCCCCCCCCCCOC(=O)c1ccc(-n2c(C(C(=O)Nc3ccccc3OC)N3C(=O)OC(C)(CC)C3=O)nc3ccccc3c2=O)cc1. The number of carbonyl (C=O) groups excluding carboxylic acids is 4. The molecule has 4 aromatic rings. The highest BCUT2D eigenvalue weighted by Gasteiger charge is 2.55. The number of esters is 1. The summed E-state index contributed by atoms with van der Waals surface area (Å²) < 4.78 is 17.7. The van der Waals surface area contributed by atoms with Crippen molar-refractivity contribution in [1.82, 2.24) is 14.5 Å². The number of rotatable bonds is 19. The number of hydrogen-bond acceptors (Lipinski definition) is 9. The van der Waals surface area contributed by atoms with Crippen LogP contribution in [-0.4, -0.2) is 57.6 Å². The number of nitrogens with one attached hydrogen (secondary N) is 1. The number of anilines is 1. The molecule has 1 N–H and O–H groups in total. The van der Waals surface area contributed by atoms with Crippen molar-refractivity contribution in [2.45, 2.75) is 103 Å². The Morgan fingerprint density at radius 2 is 1.46 bits per heavy atom. The second-order valence-corrected chi connectivity index (χ2v) is 13.7. The van der Waals surface area contributed by atoms with Crippen molar-refractivity contribution >= 4 is 40.5 Å². The van der Waals surface area contributed by atoms with Gasteiger partial charge in [0.25, 0.3) is 17.4 Å². The number of carbonyl (C=O) groups is 4. The summed E-state index contributed by atoms with van der Waals surface area (Å²) in [7, 11) is 1.44. The van der Waals surface area contributed by atoms with Crippen LogP contribution in [0, 0.1) is 0 Å². The van der Waals surface area contributed by atoms with Crippen LogP contribution >= 0.6 is 0 Å². The lowest BCUT2D eigenvalue weighted by Gasteiger charge is -2.27. The van der Waals surface area contributed by atoms with Crippen LogP contribution in [-0.2, 0) is 19.1 Å². The number of fused-ring (bicyclic) bond motifs is 1. The Bertz CT molecular complexity index is 2010. The van der Waals surface area contributed by atoms with Crippen molar-refractivity contribution in [1.29, 1.82) is 0 Å². The van der Waals surface area contributed by atoms with E-state index in [1.165, 1.54) is 87.8 Å². The molecule has 5 rings (SSSR count). The van der Waals surface area contributed by atoms with Crippen LogP contribution < -0.4 is 15.6 Å². The number of aromatic nitrogens is 2. The predicted octanol–water partition coefficient (Wildman–Crippen LogP) is 8.30. The highest BCUT2D eigenvalue weighted by atomic mass is 16.6. The van der Waals surface area contributed by atoms with E-state index < -0.39 is 41.1 Å². The lowest BCUT2D eigenvalue weighted by Crippen LogP contribution is -2.46. The summed E-state index contributed by atoms with van der Waals surface area (Å²) in [6.07, 6.45) is 10.8. The van der Waals surface area contributed by atoms with E-state index >= 15 is 0 Å². The first kappa shape index (κ1) is 39.7. The van der Waals surface area contributed by atoms with Gasteiger partial charge in [0.1, 0.15) is 11.6 Å². The molecular weight excluding hydrogens is 688 g/mol. The molecule has 0 saturated carbocycles. The monoisotopic (exact) mass is 738 g/mol. The number of benzene rings is 3. The lowest BCUT2D eigenvalue weighted by atomic mass is 10.0. The number of para-hydroxylation sites is 3. The van der Waals surface area contributed by atoms with Gasteiger partial charge in [0.2, 0.25) is 0 Å². The minimum Gasteiger partial charge on any atom is -0.495 e. The number of imide groups is 1. The van der Waals surface area contributed by atoms with Crippen LogP contribution in [0.3, 0.4) is 0 Å². The quantitative estimate of drug-likeness (QED) is 0.0741. The van der Waals surface area contributed by atoms with E-state index in [-0.39, 0.29) is 40.1 Å². The lowest BCUT2D eigenvalue weighted by molar-refractivity contribution is -0.140. The molecule has 1 aliphatic rings. The molecule has 12 heteroatoms. The minimum atomic E-state index is -1.76. The number of cyclic esters (lactones) is 1. The Morgan fingerprint density at radius 1 is 0.833 bits per heavy atom. The molecule has 54 heavy (non-hydrogen) atoms. The van der Waals surface area contributed by atoms with Gasteiger partial charge in [-0.2, -0.15) is 0 Å². The summed E-state index contributed by atoms with van der Waals surface area (Å²) in [6.45, 7) is 5.68. The molecule has 1 aromatic heterocycles. The van der Waals surface area contributed by atoms with Gasteiger partial charge in [0.15, 0.2) is 11.6 Å². The van der Waals surface area contributed by atoms with Gasteiger partial charge in [-0.15, -0.1) is 0 Å². The maximum Gasteiger partial charge on any atom is 0.418 e. The van der Waals surface area contributed by atoms with Crippen LogP contribution in [0.5, 0.6) is 5.75 Å². The van der Waals surface area contributed by atoms with Crippen molar-refractivity contribution in [3.8, 4) is 11.4 Å². The maximum absolute atomic E-state index is 14.4. The number of nitrogens with zero attached hydrogens (tertiary/aromatic N) is 3. The highest BCUT2D eigenvalue weighted by Crippen LogP contribution is 2.36. The average Bonchev–Trinajstić information content (AvgIpc) is 3.41. The zero-order valence-electron chi connectivity index (χ0n) is 31.6. The van der Waals surface area contributed by atoms with Gasteiger partial charge in [-0.1, -0.05) is 95.9 Å². The van der Waals surface area contributed by atoms with E-state index in [4.69, 9.17) is 19.2 Å². The first-order chi connectivity index (χ1) is 26.1. The molecule has 0 bridgehead atoms. The Balaban J connectivity index is 1.43. The third-order valence-corrected chi connectivity index (χ3v) is 9.86. The van der Waals surface area contributed by atoms with Gasteiger partial charge in [0.05, 0.1) is 41.6 Å². The topological polar surface area (TPSA) is 146 Å². The summed E-state index contributed by atoms with van der Waals surface area (Å²) in [6, 6.07) is 17.6. The number of unbranched alkanes of at least 4 members (excludes halogenated alkanes) is 9. The summed E-state index contributed by atoms with van der Waals surface area (Å²) in [4.78, 5) is 74.5. The smallest absolute Gasteiger partial charge is 0.418 e. The van der Waals surface area contributed by atoms with Crippen LogP contribution in [0.15, 0.2) is 77.6 Å². The van der Waals surface area contributed by atoms with Gasteiger partial charge in [-0.05, 0) is 68.3 Å². The molecule has 2 unspecified atom stereocenters. The van der Waals surface area contributed by atoms with Gasteiger partial charge in [-0.25, -0.2) is 19.5 Å². The van der Waals surface area contributed by atoms with Crippen molar-refractivity contribution in [3.63, 3.8) is 0 Å². The third-order valence-electron chi connectivity index (χ3n) is 9.86. The number of amides is 3. The van der Waals surface area contributed by atoms with Gasteiger partial charge >= 0.3 is 12.1 Å². The first-order valence-electron chi connectivity index (χ1n) is 18.9. The summed E-state index contributed by atoms with van der Waals surface area (Å²) in [5.41, 5.74) is -1.07. The van der Waals surface area contributed by atoms with Gasteiger partial charge in [0, 0.05) is 0 Å². The number of methoxy groups -OCH3 is 1. The van der Waals surface area contributed by atoms with Crippen molar-refractivity contribution in [2.75, 3.05) is 19.0 Å². The molecule has 3 aromatic carbocycles. The van der Waals surface area contributed by atoms with Crippen LogP contribution in [0.25, 0.3) is 16.6 Å². The fourth-order valence-electron chi connectivity index (χ4n) is 6.54. The summed E-state index contributed by atoms with van der Waals surface area (Å²) in [5.74, 6) is -1.98. The highest BCUT2D eigenvalue weighted by molar-refractivity contribution is 6.08. The van der Waals surface area contributed by atoms with E-state index in [1.807, 2.05) is 0 Å². The zero-order valence-corrected chi connectivity index (χ0v) is 31.6. The van der Waals surface area contributed by atoms with Crippen molar-refractivity contribution in [3.05, 3.63) is 94.5 Å². The summed E-state index contributed by atoms with van der Waals surface area (Å²) in [5, 5.41) is 2.99. The van der Waals surface area contributed by atoms with Crippen molar-refractivity contribution in [2.24, 2.45) is 0 Å². The van der Waals surface area contributed by atoms with E-state index in [2.05, 4.69) is 12.2 Å². The molecule has 1 fully saturated rings. The molecule has 3 amide bonds. The number of ether oxygens (including phenoxy) is 3.